The first-order valence-electron chi connectivity index (χ1n) is 6.19. The zero-order chi connectivity index (χ0) is 11.3. The van der Waals surface area contributed by atoms with E-state index in [1.165, 1.54) is 12.8 Å². The van der Waals surface area contributed by atoms with E-state index in [0.717, 1.165) is 38.8 Å². The van der Waals surface area contributed by atoms with Crippen LogP contribution in [0.4, 0.5) is 0 Å². The van der Waals surface area contributed by atoms with Crippen LogP contribution >= 0.6 is 0 Å². The van der Waals surface area contributed by atoms with Crippen LogP contribution in [0.5, 0.6) is 0 Å². The summed E-state index contributed by atoms with van der Waals surface area (Å²) in [6.45, 7) is 11.1. The molecule has 0 amide bonds. The van der Waals surface area contributed by atoms with Crippen molar-refractivity contribution in [3.63, 3.8) is 0 Å². The van der Waals surface area contributed by atoms with Gasteiger partial charge in [0.15, 0.2) is 0 Å². The van der Waals surface area contributed by atoms with Crippen molar-refractivity contribution in [2.24, 2.45) is 11.7 Å². The van der Waals surface area contributed by atoms with Crippen molar-refractivity contribution < 1.29 is 4.74 Å². The molecular weight excluding hydrogens is 188 g/mol. The molecule has 0 heterocycles. The van der Waals surface area contributed by atoms with Crippen molar-refractivity contribution in [1.82, 2.24) is 4.90 Å². The van der Waals surface area contributed by atoms with Crippen molar-refractivity contribution in [2.45, 2.75) is 39.2 Å². The number of hydrogen-bond donors (Lipinski definition) is 1. The van der Waals surface area contributed by atoms with E-state index in [9.17, 15) is 0 Å². The van der Waals surface area contributed by atoms with Crippen LogP contribution in [0, 0.1) is 5.92 Å². The standard InChI is InChI=1S/C12H26N2O/c1-4-14(8-9-15-5-2)10-12(3,13)11-6-7-11/h11H,4-10,13H2,1-3H3. The summed E-state index contributed by atoms with van der Waals surface area (Å²) in [5, 5.41) is 0. The van der Waals surface area contributed by atoms with Gasteiger partial charge in [-0.15, -0.1) is 0 Å². The molecule has 0 bridgehead atoms. The highest BCUT2D eigenvalue weighted by Crippen LogP contribution is 2.38. The highest BCUT2D eigenvalue weighted by Gasteiger charge is 2.39. The van der Waals surface area contributed by atoms with Crippen LogP contribution in [0.15, 0.2) is 0 Å². The third-order valence-corrected chi connectivity index (χ3v) is 3.28. The first-order chi connectivity index (χ1) is 7.10. The molecule has 90 valence electrons. The number of nitrogens with zero attached hydrogens (tertiary/aromatic N) is 1. The number of ether oxygens (including phenoxy) is 1. The SMILES string of the molecule is CCOCCN(CC)CC(C)(N)C1CC1. The Labute approximate surface area is 94.0 Å². The molecule has 1 fully saturated rings. The smallest absolute Gasteiger partial charge is 0.0593 e. The number of likely N-dealkylation sites (N-methyl/N-ethyl adjacent to an activating group) is 1. The Morgan fingerprint density at radius 1 is 1.40 bits per heavy atom. The first-order valence-corrected chi connectivity index (χ1v) is 6.19. The number of hydrogen-bond acceptors (Lipinski definition) is 3. The van der Waals surface area contributed by atoms with Gasteiger partial charge in [-0.2, -0.15) is 0 Å². The second-order valence-electron chi connectivity index (χ2n) is 4.85. The lowest BCUT2D eigenvalue weighted by Crippen LogP contribution is -2.50. The zero-order valence-electron chi connectivity index (χ0n) is 10.5. The first kappa shape index (κ1) is 12.9. The highest BCUT2D eigenvalue weighted by molar-refractivity contribution is 4.97. The molecule has 0 aromatic heterocycles. The van der Waals surface area contributed by atoms with E-state index in [1.807, 2.05) is 6.92 Å². The molecule has 0 aliphatic heterocycles. The summed E-state index contributed by atoms with van der Waals surface area (Å²) in [7, 11) is 0. The lowest BCUT2D eigenvalue weighted by atomic mass is 9.96. The van der Waals surface area contributed by atoms with Gasteiger partial charge in [-0.05, 0) is 39.2 Å². The Morgan fingerprint density at radius 3 is 2.53 bits per heavy atom. The highest BCUT2D eigenvalue weighted by atomic mass is 16.5. The second kappa shape index (κ2) is 5.83. The topological polar surface area (TPSA) is 38.5 Å². The van der Waals surface area contributed by atoms with Gasteiger partial charge in [0, 0.05) is 25.2 Å². The maximum absolute atomic E-state index is 6.32. The summed E-state index contributed by atoms with van der Waals surface area (Å²) >= 11 is 0. The van der Waals surface area contributed by atoms with Gasteiger partial charge in [-0.25, -0.2) is 0 Å². The van der Waals surface area contributed by atoms with Crippen LogP contribution < -0.4 is 5.73 Å². The molecule has 1 aliphatic carbocycles. The molecule has 1 atom stereocenters. The third kappa shape index (κ3) is 4.49. The fourth-order valence-corrected chi connectivity index (χ4v) is 2.04. The number of nitrogens with two attached hydrogens (primary N) is 1. The molecule has 0 radical (unpaired) electrons. The molecule has 0 spiro atoms. The van der Waals surface area contributed by atoms with Crippen LogP contribution in [-0.2, 0) is 4.74 Å². The predicted molar refractivity (Wildman–Crippen MR) is 63.9 cm³/mol. The van der Waals surface area contributed by atoms with Gasteiger partial charge in [0.25, 0.3) is 0 Å². The minimum atomic E-state index is 0.00221. The van der Waals surface area contributed by atoms with Crippen molar-refractivity contribution in [2.75, 3.05) is 32.8 Å². The Morgan fingerprint density at radius 2 is 2.07 bits per heavy atom. The largest absolute Gasteiger partial charge is 0.380 e. The van der Waals surface area contributed by atoms with E-state index in [0.29, 0.717) is 0 Å². The van der Waals surface area contributed by atoms with Crippen molar-refractivity contribution in [3.8, 4) is 0 Å². The second-order valence-corrected chi connectivity index (χ2v) is 4.85. The molecule has 0 aromatic rings. The summed E-state index contributed by atoms with van der Waals surface area (Å²) in [6, 6.07) is 0. The fourth-order valence-electron chi connectivity index (χ4n) is 2.04. The van der Waals surface area contributed by atoms with E-state index in [4.69, 9.17) is 10.5 Å². The monoisotopic (exact) mass is 214 g/mol. The van der Waals surface area contributed by atoms with Gasteiger partial charge < -0.3 is 10.5 Å². The average Bonchev–Trinajstić information content (AvgIpc) is 2.99. The van der Waals surface area contributed by atoms with Gasteiger partial charge in [0.2, 0.25) is 0 Å². The maximum Gasteiger partial charge on any atom is 0.0593 e. The van der Waals surface area contributed by atoms with E-state index in [2.05, 4.69) is 18.7 Å². The van der Waals surface area contributed by atoms with E-state index < -0.39 is 0 Å². The minimum absolute atomic E-state index is 0.00221. The molecule has 1 unspecified atom stereocenters. The molecule has 2 N–H and O–H groups in total. The summed E-state index contributed by atoms with van der Waals surface area (Å²) in [5.74, 6) is 0.749. The molecule has 15 heavy (non-hydrogen) atoms. The number of rotatable bonds is 8. The van der Waals surface area contributed by atoms with Crippen molar-refractivity contribution in [3.05, 3.63) is 0 Å². The quantitative estimate of drug-likeness (QED) is 0.622. The Balaban J connectivity index is 2.25. The Kier molecular flexibility index (Phi) is 5.03. The van der Waals surface area contributed by atoms with E-state index in [1.54, 1.807) is 0 Å². The predicted octanol–water partition coefficient (Wildman–Crippen LogP) is 1.47. The van der Waals surface area contributed by atoms with Crippen molar-refractivity contribution >= 4 is 0 Å². The maximum atomic E-state index is 6.32. The third-order valence-electron chi connectivity index (χ3n) is 3.28. The fraction of sp³-hybridized carbons (Fsp3) is 1.00. The summed E-state index contributed by atoms with van der Waals surface area (Å²) in [6.07, 6.45) is 2.63. The summed E-state index contributed by atoms with van der Waals surface area (Å²) < 4.78 is 5.37. The lowest BCUT2D eigenvalue weighted by Gasteiger charge is -2.32. The Bertz CT molecular complexity index is 178. The van der Waals surface area contributed by atoms with Crippen LogP contribution in [0.2, 0.25) is 0 Å². The van der Waals surface area contributed by atoms with Crippen LogP contribution in [0.1, 0.15) is 33.6 Å². The molecule has 3 nitrogen and oxygen atoms in total. The van der Waals surface area contributed by atoms with Gasteiger partial charge in [0.1, 0.15) is 0 Å². The van der Waals surface area contributed by atoms with Gasteiger partial charge in [-0.3, -0.25) is 4.90 Å². The van der Waals surface area contributed by atoms with Crippen LogP contribution in [0.3, 0.4) is 0 Å². The normalized spacial score (nSPS) is 20.6. The summed E-state index contributed by atoms with van der Waals surface area (Å²) in [4.78, 5) is 2.40. The Hall–Kier alpha value is -0.120. The molecule has 1 saturated carbocycles. The molecule has 0 aromatic carbocycles. The van der Waals surface area contributed by atoms with Crippen LogP contribution in [-0.4, -0.2) is 43.3 Å². The van der Waals surface area contributed by atoms with Crippen molar-refractivity contribution in [1.29, 1.82) is 0 Å². The van der Waals surface area contributed by atoms with Gasteiger partial charge in [0.05, 0.1) is 6.61 Å². The van der Waals surface area contributed by atoms with Gasteiger partial charge >= 0.3 is 0 Å². The van der Waals surface area contributed by atoms with Gasteiger partial charge in [-0.1, -0.05) is 6.92 Å². The molecule has 1 aliphatic rings. The average molecular weight is 214 g/mol. The molecular formula is C12H26N2O. The zero-order valence-corrected chi connectivity index (χ0v) is 10.5. The van der Waals surface area contributed by atoms with E-state index >= 15 is 0 Å². The molecule has 0 saturated heterocycles. The minimum Gasteiger partial charge on any atom is -0.380 e. The summed E-state index contributed by atoms with van der Waals surface area (Å²) in [5.41, 5.74) is 6.32. The van der Waals surface area contributed by atoms with E-state index in [-0.39, 0.29) is 5.54 Å². The molecule has 1 rings (SSSR count). The lowest BCUT2D eigenvalue weighted by molar-refractivity contribution is 0.104. The molecule has 3 heteroatoms. The van der Waals surface area contributed by atoms with Crippen LogP contribution in [0.25, 0.3) is 0 Å².